The van der Waals surface area contributed by atoms with Gasteiger partial charge in [-0.3, -0.25) is 4.79 Å². The van der Waals surface area contributed by atoms with Crippen molar-refractivity contribution >= 4 is 16.9 Å². The minimum atomic E-state index is 0.231. The Morgan fingerprint density at radius 2 is 1.95 bits per heavy atom. The van der Waals surface area contributed by atoms with Crippen molar-refractivity contribution in [3.63, 3.8) is 0 Å². The van der Waals surface area contributed by atoms with Crippen molar-refractivity contribution in [2.75, 3.05) is 13.1 Å². The third kappa shape index (κ3) is 1.76. The standard InChI is InChI=1S/C16H17NO2/c18-16(17-5-2-6-17)9-13-10-19-15-8-12-4-1-3-11(12)7-14(13)15/h7-8,10H,1-6,9H2. The Morgan fingerprint density at radius 3 is 2.68 bits per heavy atom. The minimum absolute atomic E-state index is 0.231. The number of nitrogens with zero attached hydrogens (tertiary/aromatic N) is 1. The Bertz CT molecular complexity index is 652. The number of fused-ring (bicyclic) bond motifs is 2. The van der Waals surface area contributed by atoms with E-state index in [9.17, 15) is 4.79 Å². The number of furan rings is 1. The summed E-state index contributed by atoms with van der Waals surface area (Å²) < 4.78 is 5.64. The monoisotopic (exact) mass is 255 g/mol. The molecule has 0 bridgehead atoms. The van der Waals surface area contributed by atoms with Gasteiger partial charge in [0.15, 0.2) is 0 Å². The summed E-state index contributed by atoms with van der Waals surface area (Å²) >= 11 is 0. The number of hydrogen-bond acceptors (Lipinski definition) is 2. The van der Waals surface area contributed by atoms with Gasteiger partial charge in [0, 0.05) is 24.0 Å². The first-order valence-electron chi connectivity index (χ1n) is 7.11. The van der Waals surface area contributed by atoms with Crippen LogP contribution in [0.5, 0.6) is 0 Å². The molecule has 0 atom stereocenters. The first kappa shape index (κ1) is 11.1. The SMILES string of the molecule is O=C(Cc1coc2cc3c(cc12)CCC3)N1CCC1. The van der Waals surface area contributed by atoms with Gasteiger partial charge in [-0.1, -0.05) is 0 Å². The van der Waals surface area contributed by atoms with Crippen LogP contribution in [0.3, 0.4) is 0 Å². The third-order valence-corrected chi connectivity index (χ3v) is 4.42. The van der Waals surface area contributed by atoms with Crippen molar-refractivity contribution in [3.8, 4) is 0 Å². The maximum absolute atomic E-state index is 12.1. The van der Waals surface area contributed by atoms with Gasteiger partial charge < -0.3 is 9.32 Å². The van der Waals surface area contributed by atoms with Gasteiger partial charge in [0.05, 0.1) is 12.7 Å². The zero-order valence-electron chi connectivity index (χ0n) is 10.9. The van der Waals surface area contributed by atoms with Crippen LogP contribution < -0.4 is 0 Å². The number of carbonyl (C=O) groups excluding carboxylic acids is 1. The fraction of sp³-hybridized carbons (Fsp3) is 0.438. The lowest BCUT2D eigenvalue weighted by Gasteiger charge is -2.30. The van der Waals surface area contributed by atoms with Crippen LogP contribution in [0.4, 0.5) is 0 Å². The molecule has 1 aliphatic carbocycles. The van der Waals surface area contributed by atoms with Gasteiger partial charge in [-0.05, 0) is 48.9 Å². The molecule has 2 aromatic rings. The van der Waals surface area contributed by atoms with Crippen molar-refractivity contribution in [2.45, 2.75) is 32.1 Å². The van der Waals surface area contributed by atoms with E-state index >= 15 is 0 Å². The summed E-state index contributed by atoms with van der Waals surface area (Å²) in [5.41, 5.74) is 4.84. The molecule has 1 fully saturated rings. The quantitative estimate of drug-likeness (QED) is 0.826. The van der Waals surface area contributed by atoms with Crippen LogP contribution in [0.25, 0.3) is 11.0 Å². The first-order valence-corrected chi connectivity index (χ1v) is 7.11. The van der Waals surface area contributed by atoms with Gasteiger partial charge in [-0.25, -0.2) is 0 Å². The fourth-order valence-electron chi connectivity index (χ4n) is 3.13. The van der Waals surface area contributed by atoms with Gasteiger partial charge in [0.25, 0.3) is 0 Å². The highest BCUT2D eigenvalue weighted by molar-refractivity contribution is 5.88. The summed E-state index contributed by atoms with van der Waals surface area (Å²) in [6, 6.07) is 4.40. The second kappa shape index (κ2) is 4.12. The molecule has 1 saturated heterocycles. The number of hydrogen-bond donors (Lipinski definition) is 0. The maximum Gasteiger partial charge on any atom is 0.227 e. The second-order valence-electron chi connectivity index (χ2n) is 5.64. The lowest BCUT2D eigenvalue weighted by Crippen LogP contribution is -2.42. The third-order valence-electron chi connectivity index (χ3n) is 4.42. The van der Waals surface area contributed by atoms with Crippen molar-refractivity contribution < 1.29 is 9.21 Å². The smallest absolute Gasteiger partial charge is 0.227 e. The molecule has 2 heterocycles. The molecular weight excluding hydrogens is 238 g/mol. The summed E-state index contributed by atoms with van der Waals surface area (Å²) in [4.78, 5) is 14.0. The number of rotatable bonds is 2. The van der Waals surface area contributed by atoms with Gasteiger partial charge >= 0.3 is 0 Å². The number of amides is 1. The largest absolute Gasteiger partial charge is 0.464 e. The van der Waals surface area contributed by atoms with Crippen LogP contribution in [-0.2, 0) is 24.1 Å². The predicted molar refractivity (Wildman–Crippen MR) is 73.1 cm³/mol. The van der Waals surface area contributed by atoms with E-state index in [1.54, 1.807) is 6.26 Å². The molecule has 2 aliphatic rings. The van der Waals surface area contributed by atoms with Crippen LogP contribution in [-0.4, -0.2) is 23.9 Å². The van der Waals surface area contributed by atoms with E-state index in [1.165, 1.54) is 17.5 Å². The Hall–Kier alpha value is -1.77. The topological polar surface area (TPSA) is 33.5 Å². The van der Waals surface area contributed by atoms with E-state index in [1.807, 2.05) is 4.90 Å². The molecule has 1 aromatic carbocycles. The minimum Gasteiger partial charge on any atom is -0.464 e. The maximum atomic E-state index is 12.1. The summed E-state index contributed by atoms with van der Waals surface area (Å²) in [5, 5.41) is 1.13. The van der Waals surface area contributed by atoms with Crippen LogP contribution >= 0.6 is 0 Å². The Balaban J connectivity index is 1.68. The van der Waals surface area contributed by atoms with Crippen molar-refractivity contribution in [1.82, 2.24) is 4.90 Å². The molecule has 0 spiro atoms. The summed E-state index contributed by atoms with van der Waals surface area (Å²) in [7, 11) is 0. The van der Waals surface area contributed by atoms with Gasteiger partial charge in [-0.2, -0.15) is 0 Å². The molecule has 1 aliphatic heterocycles. The fourth-order valence-corrected chi connectivity index (χ4v) is 3.13. The van der Waals surface area contributed by atoms with E-state index < -0.39 is 0 Å². The van der Waals surface area contributed by atoms with Crippen LogP contribution in [0.2, 0.25) is 0 Å². The molecule has 1 aromatic heterocycles. The Morgan fingerprint density at radius 1 is 1.16 bits per heavy atom. The Labute approximate surface area is 112 Å². The van der Waals surface area contributed by atoms with Crippen molar-refractivity contribution in [1.29, 1.82) is 0 Å². The molecule has 1 amide bonds. The molecule has 0 saturated carbocycles. The van der Waals surface area contributed by atoms with E-state index in [0.717, 1.165) is 48.9 Å². The van der Waals surface area contributed by atoms with E-state index in [-0.39, 0.29) is 5.91 Å². The number of likely N-dealkylation sites (tertiary alicyclic amines) is 1. The zero-order chi connectivity index (χ0) is 12.8. The molecule has 0 unspecified atom stereocenters. The highest BCUT2D eigenvalue weighted by Gasteiger charge is 2.22. The number of aryl methyl sites for hydroxylation is 2. The molecule has 0 N–H and O–H groups in total. The van der Waals surface area contributed by atoms with E-state index in [4.69, 9.17) is 4.42 Å². The molecule has 3 heteroatoms. The lowest BCUT2D eigenvalue weighted by molar-refractivity contribution is -0.133. The zero-order valence-corrected chi connectivity index (χ0v) is 10.9. The van der Waals surface area contributed by atoms with Crippen molar-refractivity contribution in [3.05, 3.63) is 35.1 Å². The van der Waals surface area contributed by atoms with Gasteiger partial charge in [0.2, 0.25) is 5.91 Å². The van der Waals surface area contributed by atoms with Crippen LogP contribution in [0.15, 0.2) is 22.8 Å². The average molecular weight is 255 g/mol. The van der Waals surface area contributed by atoms with Gasteiger partial charge in [0.1, 0.15) is 5.58 Å². The summed E-state index contributed by atoms with van der Waals surface area (Å²) in [5.74, 6) is 0.231. The van der Waals surface area contributed by atoms with Gasteiger partial charge in [-0.15, -0.1) is 0 Å². The average Bonchev–Trinajstić information content (AvgIpc) is 2.91. The molecular formula is C16H17NO2. The lowest BCUT2D eigenvalue weighted by atomic mass is 10.0. The predicted octanol–water partition coefficient (Wildman–Crippen LogP) is 2.70. The molecule has 0 radical (unpaired) electrons. The number of benzene rings is 1. The summed E-state index contributed by atoms with van der Waals surface area (Å²) in [6.45, 7) is 1.84. The molecule has 4 rings (SSSR count). The second-order valence-corrected chi connectivity index (χ2v) is 5.64. The van der Waals surface area contributed by atoms with E-state index in [2.05, 4.69) is 12.1 Å². The normalized spacial score (nSPS) is 17.6. The van der Waals surface area contributed by atoms with E-state index in [0.29, 0.717) is 6.42 Å². The van der Waals surface area contributed by atoms with Crippen molar-refractivity contribution in [2.24, 2.45) is 0 Å². The molecule has 3 nitrogen and oxygen atoms in total. The van der Waals surface area contributed by atoms with Crippen LogP contribution in [0, 0.1) is 0 Å². The number of carbonyl (C=O) groups is 1. The molecule has 98 valence electrons. The highest BCUT2D eigenvalue weighted by Crippen LogP contribution is 2.30. The highest BCUT2D eigenvalue weighted by atomic mass is 16.3. The first-order chi connectivity index (χ1) is 9.31. The Kier molecular flexibility index (Phi) is 2.40. The summed E-state index contributed by atoms with van der Waals surface area (Å²) in [6.07, 6.45) is 6.95. The molecule has 19 heavy (non-hydrogen) atoms. The van der Waals surface area contributed by atoms with Crippen LogP contribution in [0.1, 0.15) is 29.5 Å².